The van der Waals surface area contributed by atoms with Gasteiger partial charge in [-0.15, -0.1) is 0 Å². The van der Waals surface area contributed by atoms with Crippen molar-refractivity contribution in [2.24, 2.45) is 0 Å². The van der Waals surface area contributed by atoms with E-state index in [2.05, 4.69) is 16.8 Å². The lowest BCUT2D eigenvalue weighted by Gasteiger charge is -2.33. The van der Waals surface area contributed by atoms with Crippen LogP contribution in [0.25, 0.3) is 5.65 Å². The zero-order valence-corrected chi connectivity index (χ0v) is 13.6. The van der Waals surface area contributed by atoms with E-state index in [1.807, 2.05) is 47.8 Å². The van der Waals surface area contributed by atoms with Crippen LogP contribution in [0.15, 0.2) is 24.4 Å². The number of aromatic nitrogens is 2. The van der Waals surface area contributed by atoms with Gasteiger partial charge in [0.1, 0.15) is 5.65 Å². The third-order valence-electron chi connectivity index (χ3n) is 4.36. The number of piperidine rings is 1. The van der Waals surface area contributed by atoms with E-state index in [1.165, 1.54) is 6.42 Å². The van der Waals surface area contributed by atoms with Crippen LogP contribution in [-0.2, 0) is 6.54 Å². The maximum atomic E-state index is 13.0. The van der Waals surface area contributed by atoms with Gasteiger partial charge >= 0.3 is 0 Å². The Morgan fingerprint density at radius 1 is 1.36 bits per heavy atom. The van der Waals surface area contributed by atoms with Gasteiger partial charge in [-0.05, 0) is 52.4 Å². The number of nitrogens with zero attached hydrogens (tertiary/aromatic N) is 4. The molecule has 2 aromatic heterocycles. The second kappa shape index (κ2) is 6.08. The van der Waals surface area contributed by atoms with E-state index in [0.29, 0.717) is 18.3 Å². The van der Waals surface area contributed by atoms with Crippen LogP contribution in [0.2, 0.25) is 0 Å². The number of hydrogen-bond donors (Lipinski definition) is 0. The smallest absolute Gasteiger partial charge is 0.274 e. The molecule has 1 aliphatic rings. The first-order valence-electron chi connectivity index (χ1n) is 7.99. The molecule has 5 heteroatoms. The Hall–Kier alpha value is -1.88. The number of carbonyl (C=O) groups excluding carboxylic acids is 1. The summed E-state index contributed by atoms with van der Waals surface area (Å²) in [6.45, 7) is 3.68. The summed E-state index contributed by atoms with van der Waals surface area (Å²) in [6, 6.07) is 6.19. The van der Waals surface area contributed by atoms with Crippen molar-refractivity contribution < 1.29 is 4.79 Å². The molecule has 1 unspecified atom stereocenters. The Morgan fingerprint density at radius 2 is 2.18 bits per heavy atom. The molecule has 1 atom stereocenters. The van der Waals surface area contributed by atoms with Gasteiger partial charge in [0.15, 0.2) is 5.69 Å². The average Bonchev–Trinajstić information content (AvgIpc) is 2.85. The summed E-state index contributed by atoms with van der Waals surface area (Å²) in [7, 11) is 4.03. The highest BCUT2D eigenvalue weighted by atomic mass is 16.2. The third-order valence-corrected chi connectivity index (χ3v) is 4.36. The lowest BCUT2D eigenvalue weighted by molar-refractivity contribution is 0.0628. The summed E-state index contributed by atoms with van der Waals surface area (Å²) in [5, 5.41) is 0. The molecule has 22 heavy (non-hydrogen) atoms. The molecule has 1 fully saturated rings. The minimum absolute atomic E-state index is 0.0766. The summed E-state index contributed by atoms with van der Waals surface area (Å²) >= 11 is 0. The predicted octanol–water partition coefficient (Wildman–Crippen LogP) is 2.41. The number of likely N-dealkylation sites (tertiary alicyclic amines) is 1. The highest BCUT2D eigenvalue weighted by molar-refractivity contribution is 5.94. The third kappa shape index (κ3) is 2.73. The van der Waals surface area contributed by atoms with Gasteiger partial charge in [-0.1, -0.05) is 6.07 Å². The van der Waals surface area contributed by atoms with Crippen LogP contribution >= 0.6 is 0 Å². The minimum Gasteiger partial charge on any atom is -0.335 e. The van der Waals surface area contributed by atoms with Crippen LogP contribution < -0.4 is 0 Å². The predicted molar refractivity (Wildman–Crippen MR) is 86.9 cm³/mol. The molecular weight excluding hydrogens is 276 g/mol. The fraction of sp³-hybridized carbons (Fsp3) is 0.529. The fourth-order valence-corrected chi connectivity index (χ4v) is 3.20. The van der Waals surface area contributed by atoms with Gasteiger partial charge in [-0.3, -0.25) is 4.79 Å². The Morgan fingerprint density at radius 3 is 2.91 bits per heavy atom. The van der Waals surface area contributed by atoms with Crippen LogP contribution in [0.3, 0.4) is 0 Å². The number of hydrogen-bond acceptors (Lipinski definition) is 3. The van der Waals surface area contributed by atoms with E-state index < -0.39 is 0 Å². The molecule has 0 aliphatic carbocycles. The fourth-order valence-electron chi connectivity index (χ4n) is 3.20. The van der Waals surface area contributed by atoms with Crippen LogP contribution in [0.5, 0.6) is 0 Å². The molecule has 3 heterocycles. The molecule has 118 valence electrons. The van der Waals surface area contributed by atoms with Crippen molar-refractivity contribution in [2.75, 3.05) is 20.6 Å². The van der Waals surface area contributed by atoms with Crippen molar-refractivity contribution in [3.8, 4) is 0 Å². The highest BCUT2D eigenvalue weighted by Gasteiger charge is 2.28. The number of fused-ring (bicyclic) bond motifs is 1. The SMILES string of the molecule is CC1CCCCN1C(=O)c1nc2ccccn2c1CN(C)C. The summed E-state index contributed by atoms with van der Waals surface area (Å²) in [4.78, 5) is 21.7. The van der Waals surface area contributed by atoms with Crippen LogP contribution in [0.4, 0.5) is 0 Å². The highest BCUT2D eigenvalue weighted by Crippen LogP contribution is 2.22. The molecule has 0 N–H and O–H groups in total. The average molecular weight is 300 g/mol. The normalized spacial score (nSPS) is 19.1. The number of imidazole rings is 1. The topological polar surface area (TPSA) is 40.9 Å². The van der Waals surface area contributed by atoms with Crippen LogP contribution in [0, 0.1) is 0 Å². The van der Waals surface area contributed by atoms with Crippen molar-refractivity contribution in [3.05, 3.63) is 35.8 Å². The van der Waals surface area contributed by atoms with Crippen LogP contribution in [0.1, 0.15) is 42.4 Å². The second-order valence-corrected chi connectivity index (χ2v) is 6.42. The van der Waals surface area contributed by atoms with Gasteiger partial charge in [-0.2, -0.15) is 0 Å². The standard InChI is InChI=1S/C17H24N4O/c1-13-8-4-6-10-20(13)17(22)16-14(12-19(2)3)21-11-7-5-9-15(21)18-16/h5,7,9,11,13H,4,6,8,10,12H2,1-3H3. The zero-order valence-electron chi connectivity index (χ0n) is 13.6. The molecule has 3 rings (SSSR count). The van der Waals surface area contributed by atoms with Gasteiger partial charge in [0.05, 0.1) is 5.69 Å². The molecule has 0 spiro atoms. The van der Waals surface area contributed by atoms with E-state index >= 15 is 0 Å². The quantitative estimate of drug-likeness (QED) is 0.874. The van der Waals surface area contributed by atoms with E-state index in [0.717, 1.165) is 30.7 Å². The first-order valence-corrected chi connectivity index (χ1v) is 7.99. The molecular formula is C17H24N4O. The van der Waals surface area contributed by atoms with Crippen LogP contribution in [-0.4, -0.2) is 51.8 Å². The summed E-state index contributed by atoms with van der Waals surface area (Å²) in [5.74, 6) is 0.0766. The molecule has 0 aromatic carbocycles. The zero-order chi connectivity index (χ0) is 15.7. The molecule has 1 aliphatic heterocycles. The summed E-state index contributed by atoms with van der Waals surface area (Å²) in [5.41, 5.74) is 2.42. The molecule has 0 radical (unpaired) electrons. The monoisotopic (exact) mass is 300 g/mol. The lowest BCUT2D eigenvalue weighted by atomic mass is 10.0. The Labute approximate surface area is 131 Å². The summed E-state index contributed by atoms with van der Waals surface area (Å²) < 4.78 is 2.03. The summed E-state index contributed by atoms with van der Waals surface area (Å²) in [6.07, 6.45) is 5.37. The lowest BCUT2D eigenvalue weighted by Crippen LogP contribution is -2.42. The molecule has 2 aromatic rings. The number of amides is 1. The number of rotatable bonds is 3. The first kappa shape index (κ1) is 15.0. The van der Waals surface area contributed by atoms with Crippen molar-refractivity contribution in [1.82, 2.24) is 19.2 Å². The minimum atomic E-state index is 0.0766. The van der Waals surface area contributed by atoms with E-state index in [-0.39, 0.29) is 5.91 Å². The van der Waals surface area contributed by atoms with Gasteiger partial charge in [0.2, 0.25) is 0 Å². The van der Waals surface area contributed by atoms with E-state index in [1.54, 1.807) is 0 Å². The molecule has 1 amide bonds. The van der Waals surface area contributed by atoms with E-state index in [9.17, 15) is 4.79 Å². The van der Waals surface area contributed by atoms with Crippen molar-refractivity contribution in [2.45, 2.75) is 38.8 Å². The van der Waals surface area contributed by atoms with Gasteiger partial charge in [0, 0.05) is 25.3 Å². The second-order valence-electron chi connectivity index (χ2n) is 6.42. The Kier molecular flexibility index (Phi) is 4.16. The van der Waals surface area contributed by atoms with Crippen molar-refractivity contribution in [3.63, 3.8) is 0 Å². The molecule has 0 bridgehead atoms. The van der Waals surface area contributed by atoms with Gasteiger partial charge in [-0.25, -0.2) is 4.98 Å². The number of pyridine rings is 1. The Balaban J connectivity index is 2.03. The van der Waals surface area contributed by atoms with Crippen molar-refractivity contribution >= 4 is 11.6 Å². The molecule has 1 saturated heterocycles. The number of carbonyl (C=O) groups is 1. The molecule has 0 saturated carbocycles. The first-order chi connectivity index (χ1) is 10.6. The van der Waals surface area contributed by atoms with E-state index in [4.69, 9.17) is 0 Å². The van der Waals surface area contributed by atoms with Crippen molar-refractivity contribution in [1.29, 1.82) is 0 Å². The molecule has 5 nitrogen and oxygen atoms in total. The largest absolute Gasteiger partial charge is 0.335 e. The Bertz CT molecular complexity index is 676. The maximum absolute atomic E-state index is 13.0. The van der Waals surface area contributed by atoms with Gasteiger partial charge < -0.3 is 14.2 Å². The van der Waals surface area contributed by atoms with Gasteiger partial charge in [0.25, 0.3) is 5.91 Å². The maximum Gasteiger partial charge on any atom is 0.274 e.